The maximum atomic E-state index is 4.74. The Labute approximate surface area is 138 Å². The van der Waals surface area contributed by atoms with Crippen LogP contribution in [0, 0.1) is 6.92 Å². The van der Waals surface area contributed by atoms with Crippen LogP contribution in [0.15, 0.2) is 53.9 Å². The van der Waals surface area contributed by atoms with E-state index in [1.807, 2.05) is 12.3 Å². The van der Waals surface area contributed by atoms with Gasteiger partial charge in [-0.1, -0.05) is 35.9 Å². The first-order valence-electron chi connectivity index (χ1n) is 8.19. The van der Waals surface area contributed by atoms with Gasteiger partial charge in [-0.15, -0.1) is 0 Å². The first kappa shape index (κ1) is 15.7. The van der Waals surface area contributed by atoms with Gasteiger partial charge in [-0.05, 0) is 25.5 Å². The molecule has 0 aliphatic carbocycles. The van der Waals surface area contributed by atoms with Crippen LogP contribution in [0.2, 0.25) is 0 Å². The van der Waals surface area contributed by atoms with Gasteiger partial charge < -0.3 is 0 Å². The van der Waals surface area contributed by atoms with Crippen LogP contribution in [-0.4, -0.2) is 46.8 Å². The van der Waals surface area contributed by atoms with Gasteiger partial charge in [0.15, 0.2) is 0 Å². The van der Waals surface area contributed by atoms with Gasteiger partial charge in [-0.2, -0.15) is 5.10 Å². The molecule has 1 aliphatic heterocycles. The first-order chi connectivity index (χ1) is 11.2. The smallest absolute Gasteiger partial charge is 0.0662 e. The molecule has 1 aromatic carbocycles. The van der Waals surface area contributed by atoms with Crippen LogP contribution in [-0.2, 0) is 6.54 Å². The number of hydrogen-bond donors (Lipinski definition) is 0. The van der Waals surface area contributed by atoms with E-state index in [1.165, 1.54) is 11.1 Å². The zero-order valence-electron chi connectivity index (χ0n) is 13.9. The lowest BCUT2D eigenvalue weighted by atomic mass is 10.1. The van der Waals surface area contributed by atoms with Crippen molar-refractivity contribution in [2.75, 3.05) is 26.2 Å². The van der Waals surface area contributed by atoms with E-state index in [2.05, 4.69) is 59.1 Å². The summed E-state index contributed by atoms with van der Waals surface area (Å²) in [5, 5.41) is 6.92. The van der Waals surface area contributed by atoms with Crippen LogP contribution < -0.4 is 0 Å². The van der Waals surface area contributed by atoms with Crippen molar-refractivity contribution in [1.29, 1.82) is 0 Å². The van der Waals surface area contributed by atoms with Crippen LogP contribution in [0.25, 0.3) is 0 Å². The Morgan fingerprint density at radius 1 is 1.09 bits per heavy atom. The third-order valence-corrected chi connectivity index (χ3v) is 4.25. The van der Waals surface area contributed by atoms with Crippen LogP contribution in [0.4, 0.5) is 0 Å². The Morgan fingerprint density at radius 2 is 1.83 bits per heavy atom. The van der Waals surface area contributed by atoms with Crippen molar-refractivity contribution in [1.82, 2.24) is 14.9 Å². The molecule has 0 atom stereocenters. The van der Waals surface area contributed by atoms with Crippen molar-refractivity contribution in [2.45, 2.75) is 20.4 Å². The summed E-state index contributed by atoms with van der Waals surface area (Å²) in [6, 6.07) is 12.8. The van der Waals surface area contributed by atoms with Crippen molar-refractivity contribution in [3.63, 3.8) is 0 Å². The second kappa shape index (κ2) is 7.38. The monoisotopic (exact) mass is 308 g/mol. The fourth-order valence-electron chi connectivity index (χ4n) is 2.79. The number of piperazine rings is 1. The Morgan fingerprint density at radius 3 is 2.48 bits per heavy atom. The first-order valence-corrected chi connectivity index (χ1v) is 8.19. The van der Waals surface area contributed by atoms with Crippen LogP contribution >= 0.6 is 0 Å². The second-order valence-electron chi connectivity index (χ2n) is 6.14. The number of hydrazone groups is 1. The molecule has 2 heterocycles. The number of hydrogen-bond acceptors (Lipinski definition) is 4. The summed E-state index contributed by atoms with van der Waals surface area (Å²) in [6.45, 7) is 9.27. The van der Waals surface area contributed by atoms with Crippen molar-refractivity contribution in [3.05, 3.63) is 65.5 Å². The fourth-order valence-corrected chi connectivity index (χ4v) is 2.79. The Balaban J connectivity index is 1.53. The standard InChI is InChI=1S/C19H24N4/c1-16-5-7-18(8-6-16)15-22-10-12-23(13-11-22)21-17(2)19-4-3-9-20-14-19/h3-9,14H,10-13,15H2,1-2H3. The maximum absolute atomic E-state index is 4.74. The fraction of sp³-hybridized carbons (Fsp3) is 0.368. The number of benzene rings is 1. The molecule has 3 rings (SSSR count). The molecule has 120 valence electrons. The molecule has 0 amide bonds. The van der Waals surface area contributed by atoms with Crippen LogP contribution in [0.3, 0.4) is 0 Å². The van der Waals surface area contributed by atoms with Crippen molar-refractivity contribution < 1.29 is 0 Å². The van der Waals surface area contributed by atoms with E-state index in [9.17, 15) is 0 Å². The second-order valence-corrected chi connectivity index (χ2v) is 6.14. The third kappa shape index (κ3) is 4.39. The molecule has 1 saturated heterocycles. The molecule has 0 unspecified atom stereocenters. The van der Waals surface area contributed by atoms with Crippen LogP contribution in [0.1, 0.15) is 23.6 Å². The Kier molecular flexibility index (Phi) is 5.03. The largest absolute Gasteiger partial charge is 0.295 e. The summed E-state index contributed by atoms with van der Waals surface area (Å²) in [5.74, 6) is 0. The number of aromatic nitrogens is 1. The molecule has 0 N–H and O–H groups in total. The van der Waals surface area contributed by atoms with E-state index in [4.69, 9.17) is 5.10 Å². The molecule has 1 fully saturated rings. The minimum Gasteiger partial charge on any atom is -0.295 e. The van der Waals surface area contributed by atoms with Gasteiger partial charge in [0.2, 0.25) is 0 Å². The van der Waals surface area contributed by atoms with E-state index in [0.29, 0.717) is 0 Å². The lowest BCUT2D eigenvalue weighted by Gasteiger charge is -2.33. The van der Waals surface area contributed by atoms with Crippen molar-refractivity contribution in [3.8, 4) is 0 Å². The molecule has 0 spiro atoms. The van der Waals surface area contributed by atoms with E-state index < -0.39 is 0 Å². The number of aryl methyl sites for hydroxylation is 1. The van der Waals surface area contributed by atoms with E-state index in [-0.39, 0.29) is 0 Å². The molecule has 0 radical (unpaired) electrons. The highest BCUT2D eigenvalue weighted by molar-refractivity contribution is 5.98. The minimum atomic E-state index is 0.976. The summed E-state index contributed by atoms with van der Waals surface area (Å²) in [5.41, 5.74) is 4.83. The normalized spacial score (nSPS) is 16.6. The molecule has 4 heteroatoms. The predicted octanol–water partition coefficient (Wildman–Crippen LogP) is 2.93. The third-order valence-electron chi connectivity index (χ3n) is 4.25. The van der Waals surface area contributed by atoms with Gasteiger partial charge in [0.1, 0.15) is 0 Å². The Bertz CT molecular complexity index is 641. The maximum Gasteiger partial charge on any atom is 0.0662 e. The minimum absolute atomic E-state index is 0.976. The molecule has 1 aromatic heterocycles. The molecule has 23 heavy (non-hydrogen) atoms. The average Bonchev–Trinajstić information content (AvgIpc) is 2.59. The summed E-state index contributed by atoms with van der Waals surface area (Å²) in [6.07, 6.45) is 3.66. The Hall–Kier alpha value is -2.20. The highest BCUT2D eigenvalue weighted by Gasteiger charge is 2.16. The topological polar surface area (TPSA) is 31.7 Å². The SMILES string of the molecule is CC(=NN1CCN(Cc2ccc(C)cc2)CC1)c1cccnc1. The molecule has 2 aromatic rings. The number of pyridine rings is 1. The summed E-state index contributed by atoms with van der Waals surface area (Å²) >= 11 is 0. The molecular formula is C19H24N4. The van der Waals surface area contributed by atoms with Crippen molar-refractivity contribution in [2.24, 2.45) is 5.10 Å². The highest BCUT2D eigenvalue weighted by Crippen LogP contribution is 2.11. The summed E-state index contributed by atoms with van der Waals surface area (Å²) in [7, 11) is 0. The lowest BCUT2D eigenvalue weighted by molar-refractivity contribution is 0.130. The molecule has 0 bridgehead atoms. The predicted molar refractivity (Wildman–Crippen MR) is 94.5 cm³/mol. The van der Waals surface area contributed by atoms with Gasteiger partial charge in [0.25, 0.3) is 0 Å². The molecule has 4 nitrogen and oxygen atoms in total. The van der Waals surface area contributed by atoms with Gasteiger partial charge in [-0.25, -0.2) is 0 Å². The van der Waals surface area contributed by atoms with Gasteiger partial charge >= 0.3 is 0 Å². The van der Waals surface area contributed by atoms with Gasteiger partial charge in [0.05, 0.1) is 5.71 Å². The van der Waals surface area contributed by atoms with Gasteiger partial charge in [-0.3, -0.25) is 14.9 Å². The lowest BCUT2D eigenvalue weighted by Crippen LogP contribution is -2.43. The molecule has 1 aliphatic rings. The number of rotatable bonds is 4. The summed E-state index contributed by atoms with van der Waals surface area (Å²) < 4.78 is 0. The zero-order chi connectivity index (χ0) is 16.1. The molecular weight excluding hydrogens is 284 g/mol. The molecule has 0 saturated carbocycles. The van der Waals surface area contributed by atoms with E-state index in [0.717, 1.165) is 44.0 Å². The van der Waals surface area contributed by atoms with Gasteiger partial charge in [0, 0.05) is 50.7 Å². The van der Waals surface area contributed by atoms with Crippen molar-refractivity contribution >= 4 is 5.71 Å². The zero-order valence-corrected chi connectivity index (χ0v) is 13.9. The quantitative estimate of drug-likeness (QED) is 0.814. The van der Waals surface area contributed by atoms with E-state index >= 15 is 0 Å². The average molecular weight is 308 g/mol. The highest BCUT2D eigenvalue weighted by atomic mass is 15.5. The number of nitrogens with zero attached hydrogens (tertiary/aromatic N) is 4. The van der Waals surface area contributed by atoms with E-state index in [1.54, 1.807) is 6.20 Å². The van der Waals surface area contributed by atoms with Crippen LogP contribution in [0.5, 0.6) is 0 Å². The summed E-state index contributed by atoms with van der Waals surface area (Å²) in [4.78, 5) is 6.65.